The minimum Gasteiger partial charge on any atom is -0.493 e. The third-order valence-electron chi connectivity index (χ3n) is 3.89. The Labute approximate surface area is 120 Å². The topological polar surface area (TPSA) is 57.0 Å². The van der Waals surface area contributed by atoms with Gasteiger partial charge in [-0.15, -0.1) is 0 Å². The number of hydrogen-bond acceptors (Lipinski definition) is 5. The quantitative estimate of drug-likeness (QED) is 0.838. The third kappa shape index (κ3) is 3.10. The van der Waals surface area contributed by atoms with E-state index in [1.165, 1.54) is 0 Å². The molecule has 0 radical (unpaired) electrons. The van der Waals surface area contributed by atoms with Crippen LogP contribution in [0.2, 0.25) is 0 Å². The summed E-state index contributed by atoms with van der Waals surface area (Å²) in [5.74, 6) is 2.04. The molecule has 1 aliphatic heterocycles. The highest BCUT2D eigenvalue weighted by atomic mass is 16.5. The van der Waals surface area contributed by atoms with Crippen molar-refractivity contribution in [1.29, 1.82) is 0 Å². The number of nitrogen functional groups attached to an aromatic ring is 1. The summed E-state index contributed by atoms with van der Waals surface area (Å²) in [4.78, 5) is 2.31. The van der Waals surface area contributed by atoms with Crippen molar-refractivity contribution in [1.82, 2.24) is 0 Å². The van der Waals surface area contributed by atoms with Gasteiger partial charge in [0.1, 0.15) is 0 Å². The summed E-state index contributed by atoms with van der Waals surface area (Å²) < 4.78 is 15.9. The molecule has 1 aromatic carbocycles. The zero-order valence-corrected chi connectivity index (χ0v) is 12.5. The predicted molar refractivity (Wildman–Crippen MR) is 80.8 cm³/mol. The number of anilines is 2. The summed E-state index contributed by atoms with van der Waals surface area (Å²) >= 11 is 0. The fraction of sp³-hybridized carbons (Fsp3) is 0.600. The monoisotopic (exact) mass is 280 g/mol. The van der Waals surface area contributed by atoms with Gasteiger partial charge in [0.05, 0.1) is 25.6 Å². The van der Waals surface area contributed by atoms with Crippen LogP contribution in [-0.4, -0.2) is 41.0 Å². The summed E-state index contributed by atoms with van der Waals surface area (Å²) in [5, 5.41) is 0. The van der Waals surface area contributed by atoms with Crippen molar-refractivity contribution < 1.29 is 14.2 Å². The lowest BCUT2D eigenvalue weighted by atomic mass is 9.97. The number of methoxy groups -OCH3 is 3. The summed E-state index contributed by atoms with van der Waals surface area (Å²) in [6.07, 6.45) is 2.25. The molecule has 1 aliphatic rings. The van der Waals surface area contributed by atoms with Gasteiger partial charge in [-0.1, -0.05) is 0 Å². The van der Waals surface area contributed by atoms with E-state index in [1.807, 2.05) is 12.1 Å². The van der Waals surface area contributed by atoms with Gasteiger partial charge in [-0.2, -0.15) is 0 Å². The lowest BCUT2D eigenvalue weighted by Crippen LogP contribution is -2.35. The van der Waals surface area contributed by atoms with E-state index in [0.717, 1.165) is 49.7 Å². The van der Waals surface area contributed by atoms with Gasteiger partial charge < -0.3 is 24.8 Å². The molecule has 0 bridgehead atoms. The molecule has 2 rings (SSSR count). The minimum atomic E-state index is 0.651. The average molecular weight is 280 g/mol. The lowest BCUT2D eigenvalue weighted by Gasteiger charge is -2.34. The van der Waals surface area contributed by atoms with Gasteiger partial charge in [0.2, 0.25) is 0 Å². The number of ether oxygens (including phenoxy) is 3. The molecule has 0 amide bonds. The van der Waals surface area contributed by atoms with Gasteiger partial charge in [-0.25, -0.2) is 0 Å². The van der Waals surface area contributed by atoms with Crippen LogP contribution in [0.15, 0.2) is 12.1 Å². The molecule has 1 heterocycles. The van der Waals surface area contributed by atoms with Crippen molar-refractivity contribution in [3.63, 3.8) is 0 Å². The maximum Gasteiger partial charge on any atom is 0.162 e. The van der Waals surface area contributed by atoms with E-state index in [-0.39, 0.29) is 0 Å². The van der Waals surface area contributed by atoms with E-state index in [1.54, 1.807) is 21.3 Å². The van der Waals surface area contributed by atoms with Crippen LogP contribution < -0.4 is 20.1 Å². The van der Waals surface area contributed by atoms with E-state index in [0.29, 0.717) is 11.7 Å². The van der Waals surface area contributed by atoms with Gasteiger partial charge in [-0.3, -0.25) is 0 Å². The molecule has 0 spiro atoms. The predicted octanol–water partition coefficient (Wildman–Crippen LogP) is 2.15. The fourth-order valence-electron chi connectivity index (χ4n) is 2.73. The van der Waals surface area contributed by atoms with Crippen LogP contribution in [0.3, 0.4) is 0 Å². The molecule has 2 N–H and O–H groups in total. The molecule has 5 heteroatoms. The van der Waals surface area contributed by atoms with E-state index in [9.17, 15) is 0 Å². The van der Waals surface area contributed by atoms with Crippen molar-refractivity contribution in [3.05, 3.63) is 12.1 Å². The Hall–Kier alpha value is -1.62. The van der Waals surface area contributed by atoms with Crippen LogP contribution in [0.25, 0.3) is 0 Å². The highest BCUT2D eigenvalue weighted by molar-refractivity contribution is 5.73. The van der Waals surface area contributed by atoms with Crippen molar-refractivity contribution in [2.75, 3.05) is 51.7 Å². The van der Waals surface area contributed by atoms with Gasteiger partial charge in [0, 0.05) is 38.9 Å². The molecule has 1 saturated heterocycles. The average Bonchev–Trinajstić information content (AvgIpc) is 2.48. The van der Waals surface area contributed by atoms with Crippen LogP contribution >= 0.6 is 0 Å². The zero-order chi connectivity index (χ0) is 14.5. The van der Waals surface area contributed by atoms with E-state index in [4.69, 9.17) is 19.9 Å². The second-order valence-electron chi connectivity index (χ2n) is 5.15. The Kier molecular flexibility index (Phi) is 4.95. The third-order valence-corrected chi connectivity index (χ3v) is 3.89. The molecule has 20 heavy (non-hydrogen) atoms. The van der Waals surface area contributed by atoms with Gasteiger partial charge >= 0.3 is 0 Å². The molecule has 112 valence electrons. The molecular weight excluding hydrogens is 256 g/mol. The highest BCUT2D eigenvalue weighted by Gasteiger charge is 2.22. The minimum absolute atomic E-state index is 0.651. The summed E-state index contributed by atoms with van der Waals surface area (Å²) in [6, 6.07) is 3.79. The molecular formula is C15H24N2O3. The Morgan fingerprint density at radius 2 is 1.70 bits per heavy atom. The number of nitrogens with zero attached hydrogens (tertiary/aromatic N) is 1. The number of benzene rings is 1. The SMILES string of the molecule is COCC1CCN(c2cc(OC)c(OC)cc2N)CC1. The van der Waals surface area contributed by atoms with Crippen LogP contribution in [0.1, 0.15) is 12.8 Å². The highest BCUT2D eigenvalue weighted by Crippen LogP contribution is 2.38. The van der Waals surface area contributed by atoms with Crippen molar-refractivity contribution in [2.45, 2.75) is 12.8 Å². The smallest absolute Gasteiger partial charge is 0.162 e. The van der Waals surface area contributed by atoms with Gasteiger partial charge in [0.25, 0.3) is 0 Å². The van der Waals surface area contributed by atoms with Crippen molar-refractivity contribution in [2.24, 2.45) is 5.92 Å². The Morgan fingerprint density at radius 3 is 2.25 bits per heavy atom. The molecule has 0 atom stereocenters. The second kappa shape index (κ2) is 6.70. The van der Waals surface area contributed by atoms with E-state index >= 15 is 0 Å². The molecule has 0 unspecified atom stereocenters. The van der Waals surface area contributed by atoms with Crippen LogP contribution in [0, 0.1) is 5.92 Å². The Balaban J connectivity index is 2.13. The molecule has 5 nitrogen and oxygen atoms in total. The maximum absolute atomic E-state index is 6.14. The number of nitrogens with two attached hydrogens (primary N) is 1. The number of piperidine rings is 1. The first-order chi connectivity index (χ1) is 9.69. The summed E-state index contributed by atoms with van der Waals surface area (Å²) in [6.45, 7) is 2.83. The first kappa shape index (κ1) is 14.8. The number of rotatable bonds is 5. The Morgan fingerprint density at radius 1 is 1.10 bits per heavy atom. The van der Waals surface area contributed by atoms with Gasteiger partial charge in [0.15, 0.2) is 11.5 Å². The molecule has 0 aromatic heterocycles. The largest absolute Gasteiger partial charge is 0.493 e. The first-order valence-electron chi connectivity index (χ1n) is 6.95. The van der Waals surface area contributed by atoms with E-state index < -0.39 is 0 Å². The normalized spacial score (nSPS) is 16.2. The van der Waals surface area contributed by atoms with Crippen LogP contribution in [0.4, 0.5) is 11.4 Å². The Bertz CT molecular complexity index is 443. The lowest BCUT2D eigenvalue weighted by molar-refractivity contribution is 0.139. The molecule has 0 aliphatic carbocycles. The first-order valence-corrected chi connectivity index (χ1v) is 6.95. The maximum atomic E-state index is 6.14. The molecule has 1 fully saturated rings. The summed E-state index contributed by atoms with van der Waals surface area (Å²) in [7, 11) is 5.02. The molecule has 0 saturated carbocycles. The fourth-order valence-corrected chi connectivity index (χ4v) is 2.73. The zero-order valence-electron chi connectivity index (χ0n) is 12.5. The van der Waals surface area contributed by atoms with Crippen LogP contribution in [0.5, 0.6) is 11.5 Å². The van der Waals surface area contributed by atoms with Crippen molar-refractivity contribution in [3.8, 4) is 11.5 Å². The standard InChI is InChI=1S/C15H24N2O3/c1-18-10-11-4-6-17(7-5-11)13-9-15(20-3)14(19-2)8-12(13)16/h8-9,11H,4-7,10,16H2,1-3H3. The molecule has 1 aromatic rings. The van der Waals surface area contributed by atoms with Gasteiger partial charge in [-0.05, 0) is 18.8 Å². The summed E-state index contributed by atoms with van der Waals surface area (Å²) in [5.41, 5.74) is 7.90. The second-order valence-corrected chi connectivity index (χ2v) is 5.15. The van der Waals surface area contributed by atoms with E-state index in [2.05, 4.69) is 4.90 Å². The number of hydrogen-bond donors (Lipinski definition) is 1. The van der Waals surface area contributed by atoms with Crippen molar-refractivity contribution >= 4 is 11.4 Å². The van der Waals surface area contributed by atoms with Crippen LogP contribution in [-0.2, 0) is 4.74 Å².